The molecular weight excluding hydrogens is 419 g/mol. The van der Waals surface area contributed by atoms with Crippen molar-refractivity contribution < 1.29 is 13.2 Å². The van der Waals surface area contributed by atoms with E-state index in [0.717, 1.165) is 40.3 Å². The summed E-state index contributed by atoms with van der Waals surface area (Å²) in [5.41, 5.74) is 3.36. The zero-order valence-corrected chi connectivity index (χ0v) is 17.6. The van der Waals surface area contributed by atoms with Crippen LogP contribution < -0.4 is 0 Å². The molecule has 0 saturated heterocycles. The molecule has 0 amide bonds. The van der Waals surface area contributed by atoms with Gasteiger partial charge in [0.2, 0.25) is 0 Å². The van der Waals surface area contributed by atoms with Crippen LogP contribution in [0.4, 0.5) is 13.2 Å². The minimum atomic E-state index is -4.33. The molecule has 4 rings (SSSR count). The van der Waals surface area contributed by atoms with Crippen LogP contribution >= 0.6 is 11.8 Å². The van der Waals surface area contributed by atoms with Gasteiger partial charge in [-0.25, -0.2) is 0 Å². The molecule has 4 aromatic rings. The SMILES string of the molecule is Cc1ccccc1-n1c(Cc2ccccc2)nnc1SCc1ccc(C(F)(F)F)cc1. The monoisotopic (exact) mass is 439 g/mol. The van der Waals surface area contributed by atoms with Crippen molar-refractivity contribution in [2.45, 2.75) is 30.4 Å². The maximum atomic E-state index is 12.8. The van der Waals surface area contributed by atoms with Crippen LogP contribution in [0.15, 0.2) is 84.0 Å². The Morgan fingerprint density at radius 3 is 2.16 bits per heavy atom. The van der Waals surface area contributed by atoms with Crippen LogP contribution in [0.2, 0.25) is 0 Å². The summed E-state index contributed by atoms with van der Waals surface area (Å²) in [5.74, 6) is 1.31. The molecule has 0 aliphatic rings. The first-order chi connectivity index (χ1) is 14.9. The normalized spacial score (nSPS) is 11.6. The van der Waals surface area contributed by atoms with Crippen LogP contribution in [0, 0.1) is 6.92 Å². The van der Waals surface area contributed by atoms with Gasteiger partial charge in [-0.05, 0) is 41.8 Å². The Morgan fingerprint density at radius 2 is 1.48 bits per heavy atom. The van der Waals surface area contributed by atoms with Crippen LogP contribution in [0.1, 0.15) is 28.1 Å². The minimum absolute atomic E-state index is 0.494. The van der Waals surface area contributed by atoms with Crippen LogP contribution in [0.3, 0.4) is 0 Å². The van der Waals surface area contributed by atoms with Gasteiger partial charge in [-0.15, -0.1) is 10.2 Å². The van der Waals surface area contributed by atoms with E-state index >= 15 is 0 Å². The third kappa shape index (κ3) is 4.99. The fourth-order valence-electron chi connectivity index (χ4n) is 3.28. The Balaban J connectivity index is 1.62. The lowest BCUT2D eigenvalue weighted by Gasteiger charge is -2.13. The lowest BCUT2D eigenvalue weighted by Crippen LogP contribution is -2.06. The summed E-state index contributed by atoms with van der Waals surface area (Å²) in [5, 5.41) is 9.54. The molecule has 3 aromatic carbocycles. The highest BCUT2D eigenvalue weighted by Crippen LogP contribution is 2.31. The first kappa shape index (κ1) is 21.2. The van der Waals surface area contributed by atoms with E-state index in [2.05, 4.69) is 10.2 Å². The van der Waals surface area contributed by atoms with Gasteiger partial charge in [-0.2, -0.15) is 13.2 Å². The minimum Gasteiger partial charge on any atom is -0.273 e. The molecule has 0 atom stereocenters. The highest BCUT2D eigenvalue weighted by atomic mass is 32.2. The second-order valence-corrected chi connectivity index (χ2v) is 8.11. The summed E-state index contributed by atoms with van der Waals surface area (Å²) in [6.45, 7) is 2.03. The van der Waals surface area contributed by atoms with Gasteiger partial charge in [-0.1, -0.05) is 72.4 Å². The number of rotatable bonds is 6. The van der Waals surface area contributed by atoms with E-state index in [1.165, 1.54) is 23.9 Å². The molecule has 158 valence electrons. The summed E-state index contributed by atoms with van der Waals surface area (Å²) in [4.78, 5) is 0. The number of halogens is 3. The number of alkyl halides is 3. The molecule has 0 spiro atoms. The van der Waals surface area contributed by atoms with Gasteiger partial charge in [0.25, 0.3) is 0 Å². The van der Waals surface area contributed by atoms with Crippen molar-refractivity contribution in [3.63, 3.8) is 0 Å². The molecule has 7 heteroatoms. The molecule has 0 aliphatic carbocycles. The second-order valence-electron chi connectivity index (χ2n) is 7.17. The molecule has 0 saturated carbocycles. The maximum Gasteiger partial charge on any atom is 0.416 e. The third-order valence-electron chi connectivity index (χ3n) is 4.91. The quantitative estimate of drug-likeness (QED) is 0.322. The molecular formula is C24H20F3N3S. The van der Waals surface area contributed by atoms with Crippen molar-refractivity contribution in [2.75, 3.05) is 0 Å². The first-order valence-corrected chi connectivity index (χ1v) is 10.7. The van der Waals surface area contributed by atoms with E-state index in [-0.39, 0.29) is 0 Å². The molecule has 3 nitrogen and oxygen atoms in total. The van der Waals surface area contributed by atoms with Gasteiger partial charge in [0.1, 0.15) is 5.82 Å². The number of benzene rings is 3. The van der Waals surface area contributed by atoms with Crippen LogP contribution in [0.5, 0.6) is 0 Å². The zero-order valence-electron chi connectivity index (χ0n) is 16.8. The Kier molecular flexibility index (Phi) is 6.13. The van der Waals surface area contributed by atoms with Crippen molar-refractivity contribution in [1.29, 1.82) is 0 Å². The van der Waals surface area contributed by atoms with Crippen molar-refractivity contribution in [2.24, 2.45) is 0 Å². The van der Waals surface area contributed by atoms with Crippen molar-refractivity contribution >= 4 is 11.8 Å². The van der Waals surface area contributed by atoms with E-state index in [9.17, 15) is 13.2 Å². The zero-order chi connectivity index (χ0) is 21.8. The highest BCUT2D eigenvalue weighted by molar-refractivity contribution is 7.98. The van der Waals surface area contributed by atoms with Crippen LogP contribution in [-0.2, 0) is 18.3 Å². The summed E-state index contributed by atoms with van der Waals surface area (Å²) < 4.78 is 40.4. The van der Waals surface area contributed by atoms with E-state index in [4.69, 9.17) is 0 Å². The number of para-hydroxylation sites is 1. The molecule has 0 unspecified atom stereocenters. The number of aromatic nitrogens is 3. The van der Waals surface area contributed by atoms with Crippen molar-refractivity contribution in [3.05, 3.63) is 107 Å². The van der Waals surface area contributed by atoms with Crippen molar-refractivity contribution in [3.8, 4) is 5.69 Å². The summed E-state index contributed by atoms with van der Waals surface area (Å²) in [7, 11) is 0. The summed E-state index contributed by atoms with van der Waals surface area (Å²) in [6.07, 6.45) is -3.70. The Labute approximate surface area is 183 Å². The largest absolute Gasteiger partial charge is 0.416 e. The van der Waals surface area contributed by atoms with Gasteiger partial charge >= 0.3 is 6.18 Å². The Bertz CT molecular complexity index is 1150. The molecule has 0 radical (unpaired) electrons. The molecule has 1 heterocycles. The predicted molar refractivity (Wildman–Crippen MR) is 116 cm³/mol. The fourth-order valence-corrected chi connectivity index (χ4v) is 4.20. The van der Waals surface area contributed by atoms with E-state index < -0.39 is 11.7 Å². The number of thioether (sulfide) groups is 1. The van der Waals surface area contributed by atoms with Gasteiger partial charge in [0.15, 0.2) is 5.16 Å². The smallest absolute Gasteiger partial charge is 0.273 e. The van der Waals surface area contributed by atoms with Crippen molar-refractivity contribution in [1.82, 2.24) is 14.8 Å². The van der Waals surface area contributed by atoms with Crippen LogP contribution in [0.25, 0.3) is 5.69 Å². The average Bonchev–Trinajstić information content (AvgIpc) is 3.15. The molecule has 1 aromatic heterocycles. The second kappa shape index (κ2) is 8.98. The summed E-state index contributed by atoms with van der Waals surface area (Å²) in [6, 6.07) is 23.3. The van der Waals surface area contributed by atoms with E-state index in [0.29, 0.717) is 17.3 Å². The molecule has 0 aliphatic heterocycles. The lowest BCUT2D eigenvalue weighted by atomic mass is 10.1. The number of hydrogen-bond acceptors (Lipinski definition) is 3. The van der Waals surface area contributed by atoms with Gasteiger partial charge in [0.05, 0.1) is 11.3 Å². The van der Waals surface area contributed by atoms with Gasteiger partial charge in [-0.3, -0.25) is 4.57 Å². The third-order valence-corrected chi connectivity index (χ3v) is 5.91. The maximum absolute atomic E-state index is 12.8. The number of aryl methyl sites for hydroxylation is 1. The fraction of sp³-hybridized carbons (Fsp3) is 0.167. The lowest BCUT2D eigenvalue weighted by molar-refractivity contribution is -0.137. The topological polar surface area (TPSA) is 30.7 Å². The summed E-state index contributed by atoms with van der Waals surface area (Å²) >= 11 is 1.46. The van der Waals surface area contributed by atoms with E-state index in [1.54, 1.807) is 0 Å². The van der Waals surface area contributed by atoms with Gasteiger partial charge in [0, 0.05) is 12.2 Å². The molecule has 0 N–H and O–H groups in total. The first-order valence-electron chi connectivity index (χ1n) is 9.75. The number of nitrogens with zero attached hydrogens (tertiary/aromatic N) is 3. The highest BCUT2D eigenvalue weighted by Gasteiger charge is 2.29. The van der Waals surface area contributed by atoms with E-state index in [1.807, 2.05) is 66.1 Å². The van der Waals surface area contributed by atoms with Crippen LogP contribution in [-0.4, -0.2) is 14.8 Å². The Morgan fingerprint density at radius 1 is 0.806 bits per heavy atom. The Hall–Kier alpha value is -3.06. The number of hydrogen-bond donors (Lipinski definition) is 0. The van der Waals surface area contributed by atoms with Gasteiger partial charge < -0.3 is 0 Å². The molecule has 0 fully saturated rings. The molecule has 31 heavy (non-hydrogen) atoms. The molecule has 0 bridgehead atoms. The standard InChI is InChI=1S/C24H20F3N3S/c1-17-7-5-6-10-21(17)30-22(15-18-8-3-2-4-9-18)28-29-23(30)31-16-19-11-13-20(14-12-19)24(25,26)27/h2-14H,15-16H2,1H3. The average molecular weight is 440 g/mol. The predicted octanol–water partition coefficient (Wildman–Crippen LogP) is 6.48.